The number of aliphatic imine (C=N–C) groups is 1. The summed E-state index contributed by atoms with van der Waals surface area (Å²) in [5, 5.41) is 0. The van der Waals surface area contributed by atoms with Crippen molar-refractivity contribution in [2.75, 3.05) is 6.54 Å². The van der Waals surface area contributed by atoms with Gasteiger partial charge in [-0.25, -0.2) is 4.99 Å². The van der Waals surface area contributed by atoms with Gasteiger partial charge in [0.05, 0.1) is 0 Å². The van der Waals surface area contributed by atoms with Gasteiger partial charge < -0.3 is 4.89 Å². The topological polar surface area (TPSA) is 47.9 Å². The van der Waals surface area contributed by atoms with Crippen LogP contribution in [0.3, 0.4) is 0 Å². The Morgan fingerprint density at radius 1 is 1.40 bits per heavy atom. The number of nitrogens with zero attached hydrogens (tertiary/aromatic N) is 1. The molecular formula is C10H10FNO3. The van der Waals surface area contributed by atoms with E-state index in [1.807, 2.05) is 30.3 Å². The maximum absolute atomic E-state index is 11.6. The Morgan fingerprint density at radius 2 is 2.13 bits per heavy atom. The summed E-state index contributed by atoms with van der Waals surface area (Å²) in [6.07, 6.45) is 0.889. The molecule has 0 aromatic heterocycles. The third-order valence-corrected chi connectivity index (χ3v) is 1.47. The molecule has 0 N–H and O–H groups in total. The van der Waals surface area contributed by atoms with Gasteiger partial charge in [-0.3, -0.25) is 4.79 Å². The van der Waals surface area contributed by atoms with Gasteiger partial charge in [0.1, 0.15) is 13.2 Å². The molecule has 0 spiro atoms. The van der Waals surface area contributed by atoms with Gasteiger partial charge in [-0.2, -0.15) is 9.28 Å². The molecule has 5 heteroatoms. The molecule has 15 heavy (non-hydrogen) atoms. The molecule has 1 rings (SSSR count). The zero-order valence-corrected chi connectivity index (χ0v) is 7.93. The molecule has 0 heterocycles. The maximum Gasteiger partial charge on any atom is 0.322 e. The number of carbonyl (C=O) groups is 1. The van der Waals surface area contributed by atoms with Crippen LogP contribution in [0.5, 0.6) is 0 Å². The second kappa shape index (κ2) is 6.67. The lowest BCUT2D eigenvalue weighted by atomic mass is 10.2. The molecule has 0 bridgehead atoms. The average Bonchev–Trinajstić information content (AvgIpc) is 2.24. The number of rotatable bonds is 6. The highest BCUT2D eigenvalue weighted by atomic mass is 19.1. The predicted octanol–water partition coefficient (Wildman–Crippen LogP) is 1.66. The fourth-order valence-corrected chi connectivity index (χ4v) is 0.846. The van der Waals surface area contributed by atoms with Gasteiger partial charge >= 0.3 is 6.04 Å². The van der Waals surface area contributed by atoms with Gasteiger partial charge in [0, 0.05) is 0 Å². The van der Waals surface area contributed by atoms with Crippen molar-refractivity contribution in [1.29, 1.82) is 0 Å². The van der Waals surface area contributed by atoms with Crippen LogP contribution in [0, 0.1) is 0 Å². The lowest BCUT2D eigenvalue weighted by Crippen LogP contribution is -1.96. The van der Waals surface area contributed by atoms with Crippen molar-refractivity contribution in [2.45, 2.75) is 6.61 Å². The lowest BCUT2D eigenvalue weighted by molar-refractivity contribution is -0.227. The van der Waals surface area contributed by atoms with Crippen LogP contribution in [0.2, 0.25) is 0 Å². The molecule has 0 aliphatic carbocycles. The Kier molecular flexibility index (Phi) is 5.03. The fraction of sp³-hybridized carbons (Fsp3) is 0.200. The van der Waals surface area contributed by atoms with E-state index in [4.69, 9.17) is 4.89 Å². The van der Waals surface area contributed by atoms with Crippen molar-refractivity contribution in [3.63, 3.8) is 0 Å². The van der Waals surface area contributed by atoms with Crippen molar-refractivity contribution >= 4 is 12.4 Å². The summed E-state index contributed by atoms with van der Waals surface area (Å²) >= 11 is 0. The number of hydrogen-bond donors (Lipinski definition) is 0. The predicted molar refractivity (Wildman–Crippen MR) is 51.8 cm³/mol. The van der Waals surface area contributed by atoms with E-state index in [0.717, 1.165) is 12.0 Å². The van der Waals surface area contributed by atoms with Crippen molar-refractivity contribution in [1.82, 2.24) is 0 Å². The summed E-state index contributed by atoms with van der Waals surface area (Å²) in [4.78, 5) is 22.3. The molecule has 1 aromatic rings. The molecule has 0 saturated carbocycles. The highest BCUT2D eigenvalue weighted by Crippen LogP contribution is 1.99. The monoisotopic (exact) mass is 211 g/mol. The molecule has 0 radical (unpaired) electrons. The average molecular weight is 211 g/mol. The van der Waals surface area contributed by atoms with Gasteiger partial charge in [-0.15, -0.1) is 0 Å². The minimum Gasteiger partial charge on any atom is -0.325 e. The smallest absolute Gasteiger partial charge is 0.322 e. The summed E-state index contributed by atoms with van der Waals surface area (Å²) in [5.41, 5.74) is 0.937. The highest BCUT2D eigenvalue weighted by molar-refractivity contribution is 5.71. The summed E-state index contributed by atoms with van der Waals surface area (Å²) < 4.78 is 11.6. The summed E-state index contributed by atoms with van der Waals surface area (Å²) in [7, 11) is 0. The third kappa shape index (κ3) is 5.53. The first kappa shape index (κ1) is 11.3. The highest BCUT2D eigenvalue weighted by Gasteiger charge is 1.93. The SMILES string of the molecule is O=C(F)CN=COOCc1ccccc1. The van der Waals surface area contributed by atoms with E-state index in [-0.39, 0.29) is 6.61 Å². The van der Waals surface area contributed by atoms with Crippen LogP contribution < -0.4 is 0 Å². The Labute approximate surface area is 86.3 Å². The van der Waals surface area contributed by atoms with Crippen molar-refractivity contribution < 1.29 is 19.0 Å². The van der Waals surface area contributed by atoms with E-state index in [1.54, 1.807) is 0 Å². The number of carbonyl (C=O) groups excluding carboxylic acids is 1. The lowest BCUT2D eigenvalue weighted by Gasteiger charge is -1.99. The van der Waals surface area contributed by atoms with Crippen LogP contribution in [0.25, 0.3) is 0 Å². The van der Waals surface area contributed by atoms with Crippen molar-refractivity contribution in [3.8, 4) is 0 Å². The van der Waals surface area contributed by atoms with Crippen molar-refractivity contribution in [3.05, 3.63) is 35.9 Å². The zero-order valence-electron chi connectivity index (χ0n) is 7.93. The van der Waals surface area contributed by atoms with Gasteiger partial charge in [0.2, 0.25) is 6.40 Å². The molecule has 0 saturated heterocycles. The normalized spacial score (nSPS) is 10.5. The minimum atomic E-state index is -1.52. The molecule has 0 amide bonds. The van der Waals surface area contributed by atoms with Crippen LogP contribution in [-0.2, 0) is 21.2 Å². The quantitative estimate of drug-likeness (QED) is 0.179. The minimum absolute atomic E-state index is 0.260. The third-order valence-electron chi connectivity index (χ3n) is 1.47. The van der Waals surface area contributed by atoms with E-state index >= 15 is 0 Å². The standard InChI is InChI=1S/C10H10FNO3/c11-10(13)6-12-8-15-14-7-9-4-2-1-3-5-9/h1-5,8H,6-7H2. The van der Waals surface area contributed by atoms with Gasteiger partial charge in [-0.1, -0.05) is 30.3 Å². The first-order chi connectivity index (χ1) is 7.29. The first-order valence-corrected chi connectivity index (χ1v) is 4.28. The molecule has 0 atom stereocenters. The molecule has 0 fully saturated rings. The Hall–Kier alpha value is -1.75. The van der Waals surface area contributed by atoms with E-state index < -0.39 is 12.6 Å². The zero-order chi connectivity index (χ0) is 10.9. The van der Waals surface area contributed by atoms with Crippen LogP contribution in [0.1, 0.15) is 5.56 Å². The van der Waals surface area contributed by atoms with Crippen LogP contribution >= 0.6 is 0 Å². The summed E-state index contributed by atoms with van der Waals surface area (Å²) in [6.45, 7) is -0.287. The second-order valence-corrected chi connectivity index (χ2v) is 2.65. The molecule has 4 nitrogen and oxygen atoms in total. The van der Waals surface area contributed by atoms with Crippen LogP contribution in [-0.4, -0.2) is 19.0 Å². The largest absolute Gasteiger partial charge is 0.325 e. The van der Waals surface area contributed by atoms with E-state index in [1.165, 1.54) is 0 Å². The second-order valence-electron chi connectivity index (χ2n) is 2.65. The number of hydrogen-bond acceptors (Lipinski definition) is 4. The summed E-state index contributed by atoms with van der Waals surface area (Å²) in [6, 6.07) is 7.84. The van der Waals surface area contributed by atoms with Crippen molar-refractivity contribution in [2.24, 2.45) is 4.99 Å². The molecule has 0 aliphatic rings. The number of halogens is 1. The fourth-order valence-electron chi connectivity index (χ4n) is 0.846. The van der Waals surface area contributed by atoms with Crippen LogP contribution in [0.15, 0.2) is 35.3 Å². The van der Waals surface area contributed by atoms with Gasteiger partial charge in [0.15, 0.2) is 0 Å². The molecule has 0 unspecified atom stereocenters. The Balaban J connectivity index is 2.12. The van der Waals surface area contributed by atoms with E-state index in [0.29, 0.717) is 0 Å². The molecule has 80 valence electrons. The first-order valence-electron chi connectivity index (χ1n) is 4.28. The summed E-state index contributed by atoms with van der Waals surface area (Å²) in [5.74, 6) is 0. The molecular weight excluding hydrogens is 201 g/mol. The molecule has 1 aromatic carbocycles. The van der Waals surface area contributed by atoms with Gasteiger partial charge in [-0.05, 0) is 5.56 Å². The molecule has 0 aliphatic heterocycles. The van der Waals surface area contributed by atoms with Crippen LogP contribution in [0.4, 0.5) is 4.39 Å². The van der Waals surface area contributed by atoms with Gasteiger partial charge in [0.25, 0.3) is 0 Å². The maximum atomic E-state index is 11.6. The van der Waals surface area contributed by atoms with E-state index in [9.17, 15) is 9.18 Å². The number of benzene rings is 1. The Morgan fingerprint density at radius 3 is 2.80 bits per heavy atom. The van der Waals surface area contributed by atoms with E-state index in [2.05, 4.69) is 9.88 Å². The Bertz CT molecular complexity index is 327.